The number of para-hydroxylation sites is 1. The van der Waals surface area contributed by atoms with E-state index in [1.54, 1.807) is 36.5 Å². The third kappa shape index (κ3) is 4.95. The second kappa shape index (κ2) is 9.70. The molecule has 0 fully saturated rings. The molecule has 1 aromatic heterocycles. The maximum absolute atomic E-state index is 13.0. The van der Waals surface area contributed by atoms with Crippen LogP contribution in [0.15, 0.2) is 72.9 Å². The van der Waals surface area contributed by atoms with Gasteiger partial charge in [0, 0.05) is 17.1 Å². The van der Waals surface area contributed by atoms with Crippen LogP contribution in [0, 0.1) is 0 Å². The third-order valence-electron chi connectivity index (χ3n) is 6.37. The number of fused-ring (bicyclic) bond motifs is 2. The van der Waals surface area contributed by atoms with E-state index in [9.17, 15) is 9.90 Å². The highest BCUT2D eigenvalue weighted by Gasteiger charge is 2.29. The van der Waals surface area contributed by atoms with Gasteiger partial charge in [-0.2, -0.15) is 0 Å². The molecule has 2 N–H and O–H groups in total. The molecule has 5 rings (SSSR count). The van der Waals surface area contributed by atoms with Crippen LogP contribution in [-0.4, -0.2) is 28.2 Å². The minimum absolute atomic E-state index is 0.0284. The zero-order chi connectivity index (χ0) is 25.3. The number of amides is 1. The molecule has 184 valence electrons. The minimum atomic E-state index is -0.680. The number of aromatic hydroxyl groups is 1. The molecule has 1 aliphatic heterocycles. The normalized spacial score (nSPS) is 15.0. The van der Waals surface area contributed by atoms with Crippen molar-refractivity contribution in [3.8, 4) is 17.2 Å². The van der Waals surface area contributed by atoms with Crippen molar-refractivity contribution in [1.82, 2.24) is 10.3 Å². The molecule has 0 aliphatic carbocycles. The highest BCUT2D eigenvalue weighted by Crippen LogP contribution is 2.40. The Morgan fingerprint density at radius 2 is 1.97 bits per heavy atom. The minimum Gasteiger partial charge on any atom is -0.505 e. The number of halogens is 1. The number of aromatic nitrogens is 1. The van der Waals surface area contributed by atoms with Gasteiger partial charge in [-0.25, -0.2) is 0 Å². The maximum Gasteiger partial charge on any atom is 0.258 e. The Balaban J connectivity index is 1.52. The zero-order valence-corrected chi connectivity index (χ0v) is 20.9. The average Bonchev–Trinajstić information content (AvgIpc) is 2.88. The average molecular weight is 503 g/mol. The van der Waals surface area contributed by atoms with Gasteiger partial charge in [-0.1, -0.05) is 35.9 Å². The number of nitrogens with zero attached hydrogens (tertiary/aromatic N) is 1. The van der Waals surface area contributed by atoms with Gasteiger partial charge in [0.25, 0.3) is 5.91 Å². The van der Waals surface area contributed by atoms with Crippen LogP contribution in [-0.2, 0) is 11.2 Å². The topological polar surface area (TPSA) is 80.7 Å². The van der Waals surface area contributed by atoms with Crippen LogP contribution < -0.4 is 14.8 Å². The fraction of sp³-hybridized carbons (Fsp3) is 0.241. The molecule has 6 nitrogen and oxygen atoms in total. The number of benzene rings is 3. The molecule has 0 radical (unpaired) electrons. The first kappa shape index (κ1) is 23.9. The number of aryl methyl sites for hydroxylation is 1. The largest absolute Gasteiger partial charge is 0.505 e. The van der Waals surface area contributed by atoms with Crippen LogP contribution >= 0.6 is 11.6 Å². The molecular formula is C29H27ClN2O4. The van der Waals surface area contributed by atoms with E-state index in [-0.39, 0.29) is 23.9 Å². The van der Waals surface area contributed by atoms with E-state index in [2.05, 4.69) is 24.1 Å². The Morgan fingerprint density at radius 3 is 2.78 bits per heavy atom. The van der Waals surface area contributed by atoms with E-state index in [0.717, 1.165) is 29.7 Å². The van der Waals surface area contributed by atoms with Crippen LogP contribution in [0.1, 0.15) is 43.0 Å². The van der Waals surface area contributed by atoms with Gasteiger partial charge in [0.05, 0.1) is 11.1 Å². The fourth-order valence-corrected chi connectivity index (χ4v) is 4.76. The van der Waals surface area contributed by atoms with Gasteiger partial charge < -0.3 is 19.9 Å². The molecule has 36 heavy (non-hydrogen) atoms. The van der Waals surface area contributed by atoms with E-state index in [4.69, 9.17) is 21.1 Å². The van der Waals surface area contributed by atoms with E-state index in [0.29, 0.717) is 27.2 Å². The van der Waals surface area contributed by atoms with Gasteiger partial charge in [0.2, 0.25) is 0 Å². The number of hydrogen-bond donors (Lipinski definition) is 2. The summed E-state index contributed by atoms with van der Waals surface area (Å²) in [7, 11) is 0. The van der Waals surface area contributed by atoms with Crippen molar-refractivity contribution < 1.29 is 19.4 Å². The van der Waals surface area contributed by atoms with Crippen LogP contribution in [0.4, 0.5) is 0 Å². The van der Waals surface area contributed by atoms with Crippen LogP contribution in [0.3, 0.4) is 0 Å². The predicted octanol–water partition coefficient (Wildman–Crippen LogP) is 5.98. The van der Waals surface area contributed by atoms with Crippen LogP contribution in [0.5, 0.6) is 17.2 Å². The molecular weight excluding hydrogens is 476 g/mol. The molecule has 3 aromatic carbocycles. The molecule has 0 saturated carbocycles. The number of carbonyl (C=O) groups excluding carboxylic acids is 1. The molecule has 7 heteroatoms. The standard InChI is InChI=1S/C29H27ClN2O4/c1-29(2)13-12-18-15-19(10-11-24(18)36-29)26(32-25(33)17-35-20-7-4-3-5-8-20)22-16-23(30)21-9-6-14-31-27(21)28(22)34/h3-11,14-16,26,34H,12-13,17H2,1-2H3,(H,32,33). The van der Waals surface area contributed by atoms with Crippen molar-refractivity contribution in [2.75, 3.05) is 6.61 Å². The third-order valence-corrected chi connectivity index (χ3v) is 6.69. The molecule has 1 atom stereocenters. The Bertz CT molecular complexity index is 1420. The van der Waals surface area contributed by atoms with E-state index in [1.165, 1.54) is 0 Å². The summed E-state index contributed by atoms with van der Waals surface area (Å²) in [4.78, 5) is 17.3. The van der Waals surface area contributed by atoms with Crippen molar-refractivity contribution in [1.29, 1.82) is 0 Å². The lowest BCUT2D eigenvalue weighted by Crippen LogP contribution is -2.34. The van der Waals surface area contributed by atoms with Gasteiger partial charge in [0.15, 0.2) is 6.61 Å². The first-order valence-electron chi connectivity index (χ1n) is 11.9. The molecule has 2 heterocycles. The summed E-state index contributed by atoms with van der Waals surface area (Å²) in [5, 5.41) is 15.3. The molecule has 0 bridgehead atoms. The molecule has 1 unspecified atom stereocenters. The number of pyridine rings is 1. The first-order chi connectivity index (χ1) is 17.3. The number of phenolic OH excluding ortho intramolecular Hbond substituents is 1. The summed E-state index contributed by atoms with van der Waals surface area (Å²) in [5.74, 6) is 1.06. The maximum atomic E-state index is 13.0. The van der Waals surface area contributed by atoms with Gasteiger partial charge in [0.1, 0.15) is 28.4 Å². The van der Waals surface area contributed by atoms with Gasteiger partial charge in [-0.3, -0.25) is 9.78 Å². The van der Waals surface area contributed by atoms with E-state index >= 15 is 0 Å². The Kier molecular flexibility index (Phi) is 6.46. The van der Waals surface area contributed by atoms with E-state index in [1.807, 2.05) is 36.4 Å². The number of rotatable bonds is 6. The summed E-state index contributed by atoms with van der Waals surface area (Å²) in [6.07, 6.45) is 3.32. The Labute approximate surface area is 214 Å². The van der Waals surface area contributed by atoms with Crippen molar-refractivity contribution in [2.24, 2.45) is 0 Å². The van der Waals surface area contributed by atoms with Gasteiger partial charge in [-0.05, 0) is 80.3 Å². The summed E-state index contributed by atoms with van der Waals surface area (Å²) in [6.45, 7) is 3.96. The monoisotopic (exact) mass is 502 g/mol. The quantitative estimate of drug-likeness (QED) is 0.339. The predicted molar refractivity (Wildman–Crippen MR) is 140 cm³/mol. The lowest BCUT2D eigenvalue weighted by molar-refractivity contribution is -0.123. The molecule has 1 aliphatic rings. The molecule has 0 spiro atoms. The number of nitrogens with one attached hydrogen (secondary N) is 1. The van der Waals surface area contributed by atoms with Crippen molar-refractivity contribution in [2.45, 2.75) is 38.3 Å². The number of carbonyl (C=O) groups is 1. The first-order valence-corrected chi connectivity index (χ1v) is 12.2. The van der Waals surface area contributed by atoms with Crippen LogP contribution in [0.2, 0.25) is 5.02 Å². The summed E-state index contributed by atoms with van der Waals surface area (Å²) < 4.78 is 11.8. The number of ether oxygens (including phenoxy) is 2. The Morgan fingerprint density at radius 1 is 1.17 bits per heavy atom. The molecule has 1 amide bonds. The number of phenols is 1. The SMILES string of the molecule is CC1(C)CCc2cc(C(NC(=O)COc3ccccc3)c3cc(Cl)c4cccnc4c3O)ccc2O1. The summed E-state index contributed by atoms with van der Waals surface area (Å²) >= 11 is 6.58. The van der Waals surface area contributed by atoms with Gasteiger partial charge in [-0.15, -0.1) is 0 Å². The zero-order valence-electron chi connectivity index (χ0n) is 20.1. The smallest absolute Gasteiger partial charge is 0.258 e. The van der Waals surface area contributed by atoms with Crippen molar-refractivity contribution >= 4 is 28.4 Å². The lowest BCUT2D eigenvalue weighted by Gasteiger charge is -2.33. The molecule has 4 aromatic rings. The van der Waals surface area contributed by atoms with Gasteiger partial charge >= 0.3 is 0 Å². The fourth-order valence-electron chi connectivity index (χ4n) is 4.49. The second-order valence-electron chi connectivity index (χ2n) is 9.53. The van der Waals surface area contributed by atoms with Crippen LogP contribution in [0.25, 0.3) is 10.9 Å². The van der Waals surface area contributed by atoms with E-state index < -0.39 is 6.04 Å². The Hall–Kier alpha value is -3.77. The second-order valence-corrected chi connectivity index (χ2v) is 9.93. The number of hydrogen-bond acceptors (Lipinski definition) is 5. The summed E-state index contributed by atoms with van der Waals surface area (Å²) in [5.41, 5.74) is 2.45. The summed E-state index contributed by atoms with van der Waals surface area (Å²) in [6, 6.07) is 19.5. The lowest BCUT2D eigenvalue weighted by atomic mass is 9.90. The highest BCUT2D eigenvalue weighted by atomic mass is 35.5. The van der Waals surface area contributed by atoms with Crippen molar-refractivity contribution in [3.63, 3.8) is 0 Å². The highest BCUT2D eigenvalue weighted by molar-refractivity contribution is 6.35. The van der Waals surface area contributed by atoms with Crippen molar-refractivity contribution in [3.05, 3.63) is 94.6 Å². The molecule has 0 saturated heterocycles.